The molecule has 1 N–H and O–H groups in total. The summed E-state index contributed by atoms with van der Waals surface area (Å²) in [4.78, 5) is 11.3. The molecule has 0 aliphatic carbocycles. The van der Waals surface area contributed by atoms with Gasteiger partial charge in [-0.3, -0.25) is 4.79 Å². The first kappa shape index (κ1) is 11.6. The Kier molecular flexibility index (Phi) is 5.14. The van der Waals surface area contributed by atoms with E-state index in [4.69, 9.17) is 0 Å². The summed E-state index contributed by atoms with van der Waals surface area (Å²) < 4.78 is 0. The highest BCUT2D eigenvalue weighted by Gasteiger charge is 2.12. The molecule has 1 unspecified atom stereocenters. The van der Waals surface area contributed by atoms with Crippen molar-refractivity contribution in [3.8, 4) is 0 Å². The third kappa shape index (κ3) is 5.30. The highest BCUT2D eigenvalue weighted by atomic mass is 16.1. The van der Waals surface area contributed by atoms with Gasteiger partial charge in [0.05, 0.1) is 0 Å². The Morgan fingerprint density at radius 2 is 1.67 bits per heavy atom. The molecule has 0 amide bonds. The van der Waals surface area contributed by atoms with Gasteiger partial charge in [0.25, 0.3) is 0 Å². The molecular formula is C10H21NO. The number of carbonyl (C=O) groups is 1. The third-order valence-electron chi connectivity index (χ3n) is 1.77. The van der Waals surface area contributed by atoms with Gasteiger partial charge < -0.3 is 5.32 Å². The molecule has 0 aliphatic heterocycles. The number of Topliss-reactive ketones (excluding diaryl/α,β-unsaturated/α-hetero) is 1. The minimum absolute atomic E-state index is 0.168. The van der Waals surface area contributed by atoms with Crippen LogP contribution in [0.4, 0.5) is 0 Å². The standard InChI is InChI=1S/C10H21NO/c1-7(2)10(12)6-9(5)11-8(3)4/h7-9,11H,6H2,1-5H3. The summed E-state index contributed by atoms with van der Waals surface area (Å²) in [5.74, 6) is 0.511. The fourth-order valence-corrected chi connectivity index (χ4v) is 1.17. The maximum Gasteiger partial charge on any atom is 0.136 e. The van der Waals surface area contributed by atoms with E-state index in [0.29, 0.717) is 24.3 Å². The quantitative estimate of drug-likeness (QED) is 0.685. The van der Waals surface area contributed by atoms with Gasteiger partial charge in [-0.2, -0.15) is 0 Å². The molecule has 0 aromatic carbocycles. The molecule has 12 heavy (non-hydrogen) atoms. The lowest BCUT2D eigenvalue weighted by atomic mass is 10.0. The molecule has 1 atom stereocenters. The monoisotopic (exact) mass is 171 g/mol. The molecule has 0 heterocycles. The van der Waals surface area contributed by atoms with Gasteiger partial charge in [-0.05, 0) is 6.92 Å². The maximum atomic E-state index is 11.3. The van der Waals surface area contributed by atoms with Crippen LogP contribution in [0.5, 0.6) is 0 Å². The first-order valence-corrected chi connectivity index (χ1v) is 4.72. The van der Waals surface area contributed by atoms with Crippen molar-refractivity contribution in [2.45, 2.75) is 53.1 Å². The van der Waals surface area contributed by atoms with Crippen LogP contribution >= 0.6 is 0 Å². The van der Waals surface area contributed by atoms with Crippen molar-refractivity contribution in [3.63, 3.8) is 0 Å². The lowest BCUT2D eigenvalue weighted by molar-refractivity contribution is -0.122. The summed E-state index contributed by atoms with van der Waals surface area (Å²) in [6, 6.07) is 0.764. The zero-order chi connectivity index (χ0) is 9.72. The van der Waals surface area contributed by atoms with Crippen molar-refractivity contribution in [2.75, 3.05) is 0 Å². The number of hydrogen-bond acceptors (Lipinski definition) is 2. The minimum atomic E-state index is 0.168. The molecule has 0 rings (SSSR count). The van der Waals surface area contributed by atoms with E-state index in [1.165, 1.54) is 0 Å². The molecule has 0 saturated heterocycles. The van der Waals surface area contributed by atoms with Crippen molar-refractivity contribution in [3.05, 3.63) is 0 Å². The van der Waals surface area contributed by atoms with Crippen LogP contribution in [0.15, 0.2) is 0 Å². The number of hydrogen-bond donors (Lipinski definition) is 1. The van der Waals surface area contributed by atoms with Gasteiger partial charge in [-0.25, -0.2) is 0 Å². The van der Waals surface area contributed by atoms with E-state index < -0.39 is 0 Å². The van der Waals surface area contributed by atoms with Crippen LogP contribution in [0.3, 0.4) is 0 Å². The van der Waals surface area contributed by atoms with Gasteiger partial charge in [0.1, 0.15) is 5.78 Å². The minimum Gasteiger partial charge on any atom is -0.312 e. The predicted molar refractivity (Wildman–Crippen MR) is 52.2 cm³/mol. The van der Waals surface area contributed by atoms with Crippen molar-refractivity contribution in [2.24, 2.45) is 5.92 Å². The summed E-state index contributed by atoms with van der Waals surface area (Å²) >= 11 is 0. The van der Waals surface area contributed by atoms with Gasteiger partial charge in [-0.1, -0.05) is 27.7 Å². The second kappa shape index (κ2) is 5.31. The molecule has 0 fully saturated rings. The Morgan fingerprint density at radius 1 is 1.17 bits per heavy atom. The van der Waals surface area contributed by atoms with Gasteiger partial charge in [0, 0.05) is 24.4 Å². The first-order valence-electron chi connectivity index (χ1n) is 4.72. The van der Waals surface area contributed by atoms with E-state index in [1.54, 1.807) is 0 Å². The number of carbonyl (C=O) groups excluding carboxylic acids is 1. The van der Waals surface area contributed by atoms with E-state index >= 15 is 0 Å². The van der Waals surface area contributed by atoms with Crippen molar-refractivity contribution in [1.82, 2.24) is 5.32 Å². The molecule has 0 aliphatic rings. The van der Waals surface area contributed by atoms with Crippen LogP contribution in [0.25, 0.3) is 0 Å². The van der Waals surface area contributed by atoms with Crippen LogP contribution in [-0.4, -0.2) is 17.9 Å². The topological polar surface area (TPSA) is 29.1 Å². The number of rotatable bonds is 5. The second-order valence-corrected chi connectivity index (χ2v) is 4.05. The fraction of sp³-hybridized carbons (Fsp3) is 0.900. The molecule has 0 spiro atoms. The van der Waals surface area contributed by atoms with Crippen LogP contribution < -0.4 is 5.32 Å². The van der Waals surface area contributed by atoms with E-state index in [1.807, 2.05) is 13.8 Å². The molecule has 0 saturated carbocycles. The number of nitrogens with one attached hydrogen (secondary N) is 1. The molecule has 0 aromatic heterocycles. The zero-order valence-corrected chi connectivity index (χ0v) is 8.85. The molecule has 2 nitrogen and oxygen atoms in total. The maximum absolute atomic E-state index is 11.3. The molecule has 0 radical (unpaired) electrons. The Morgan fingerprint density at radius 3 is 2.00 bits per heavy atom. The van der Waals surface area contributed by atoms with Crippen molar-refractivity contribution in [1.29, 1.82) is 0 Å². The molecule has 2 heteroatoms. The zero-order valence-electron chi connectivity index (χ0n) is 8.85. The normalized spacial score (nSPS) is 13.9. The largest absolute Gasteiger partial charge is 0.312 e. The third-order valence-corrected chi connectivity index (χ3v) is 1.77. The van der Waals surface area contributed by atoms with Crippen LogP contribution in [0.1, 0.15) is 41.0 Å². The highest BCUT2D eigenvalue weighted by Crippen LogP contribution is 2.02. The van der Waals surface area contributed by atoms with Gasteiger partial charge in [0.15, 0.2) is 0 Å². The van der Waals surface area contributed by atoms with Gasteiger partial charge in [0.2, 0.25) is 0 Å². The SMILES string of the molecule is CC(C)NC(C)CC(=O)C(C)C. The Balaban J connectivity index is 3.69. The van der Waals surface area contributed by atoms with Crippen LogP contribution in [0, 0.1) is 5.92 Å². The summed E-state index contributed by atoms with van der Waals surface area (Å²) in [6.45, 7) is 10.1. The number of ketones is 1. The highest BCUT2D eigenvalue weighted by molar-refractivity contribution is 5.80. The summed E-state index contributed by atoms with van der Waals surface area (Å²) in [7, 11) is 0. The van der Waals surface area contributed by atoms with E-state index in [0.717, 1.165) is 0 Å². The van der Waals surface area contributed by atoms with E-state index in [-0.39, 0.29) is 5.92 Å². The summed E-state index contributed by atoms with van der Waals surface area (Å²) in [5.41, 5.74) is 0. The predicted octanol–water partition coefficient (Wildman–Crippen LogP) is 1.99. The Bertz CT molecular complexity index is 141. The molecular weight excluding hydrogens is 150 g/mol. The molecule has 0 aromatic rings. The second-order valence-electron chi connectivity index (χ2n) is 4.05. The van der Waals surface area contributed by atoms with E-state index in [2.05, 4.69) is 26.1 Å². The van der Waals surface area contributed by atoms with Crippen molar-refractivity contribution < 1.29 is 4.79 Å². The average Bonchev–Trinajstić information content (AvgIpc) is 1.84. The van der Waals surface area contributed by atoms with Crippen molar-refractivity contribution >= 4 is 5.78 Å². The summed E-state index contributed by atoms with van der Waals surface area (Å²) in [5, 5.41) is 3.31. The van der Waals surface area contributed by atoms with Gasteiger partial charge >= 0.3 is 0 Å². The Hall–Kier alpha value is -0.370. The fourth-order valence-electron chi connectivity index (χ4n) is 1.17. The smallest absolute Gasteiger partial charge is 0.136 e. The lowest BCUT2D eigenvalue weighted by Gasteiger charge is -2.16. The van der Waals surface area contributed by atoms with Crippen LogP contribution in [0.2, 0.25) is 0 Å². The van der Waals surface area contributed by atoms with Crippen LogP contribution in [-0.2, 0) is 4.79 Å². The molecule has 0 bridgehead atoms. The van der Waals surface area contributed by atoms with Gasteiger partial charge in [-0.15, -0.1) is 0 Å². The molecule has 72 valence electrons. The summed E-state index contributed by atoms with van der Waals surface area (Å²) in [6.07, 6.45) is 0.649. The first-order chi connectivity index (χ1) is 5.43. The Labute approximate surface area is 75.7 Å². The van der Waals surface area contributed by atoms with E-state index in [9.17, 15) is 4.79 Å². The average molecular weight is 171 g/mol. The lowest BCUT2D eigenvalue weighted by Crippen LogP contribution is -2.34.